The van der Waals surface area contributed by atoms with Gasteiger partial charge in [0.05, 0.1) is 13.2 Å². The first-order valence-electron chi connectivity index (χ1n) is 10.8. The number of H-pyrrole nitrogens is 1. The molecule has 0 radical (unpaired) electrons. The minimum absolute atomic E-state index is 0.0247. The Labute approximate surface area is 188 Å². The van der Waals surface area contributed by atoms with Crippen LogP contribution in [0.5, 0.6) is 0 Å². The molecule has 0 aliphatic carbocycles. The summed E-state index contributed by atoms with van der Waals surface area (Å²) in [5, 5.41) is 0. The first-order valence-corrected chi connectivity index (χ1v) is 10.8. The summed E-state index contributed by atoms with van der Waals surface area (Å²) in [6.07, 6.45) is 0. The number of hydrogen-bond donors (Lipinski definition) is 2. The van der Waals surface area contributed by atoms with Crippen LogP contribution in [0.15, 0.2) is 33.9 Å². The van der Waals surface area contributed by atoms with Gasteiger partial charge in [-0.2, -0.15) is 0 Å². The number of ether oxygens (including phenoxy) is 1. The Balaban J connectivity index is 2.49. The van der Waals surface area contributed by atoms with E-state index in [2.05, 4.69) is 4.98 Å². The summed E-state index contributed by atoms with van der Waals surface area (Å²) in [6, 6.07) is 7.94. The van der Waals surface area contributed by atoms with Crippen molar-refractivity contribution in [3.63, 3.8) is 0 Å². The van der Waals surface area contributed by atoms with Gasteiger partial charge in [-0.1, -0.05) is 31.5 Å². The number of rotatable bonds is 10. The van der Waals surface area contributed by atoms with E-state index >= 15 is 0 Å². The largest absolute Gasteiger partial charge is 0.383 e. The third-order valence-corrected chi connectivity index (χ3v) is 5.15. The van der Waals surface area contributed by atoms with E-state index in [1.54, 1.807) is 0 Å². The normalized spacial score (nSPS) is 11.2. The fraction of sp³-hybridized carbons (Fsp3) is 0.522. The molecule has 0 aliphatic rings. The van der Waals surface area contributed by atoms with Crippen LogP contribution in [0, 0.1) is 12.8 Å². The van der Waals surface area contributed by atoms with Crippen molar-refractivity contribution in [2.45, 2.75) is 47.2 Å². The molecule has 0 saturated carbocycles. The molecule has 1 amide bonds. The van der Waals surface area contributed by atoms with Gasteiger partial charge in [-0.25, -0.2) is 4.79 Å². The first kappa shape index (κ1) is 25.2. The molecule has 1 heterocycles. The molecule has 0 spiro atoms. The molecule has 9 nitrogen and oxygen atoms in total. The number of amides is 1. The number of benzene rings is 1. The van der Waals surface area contributed by atoms with Crippen molar-refractivity contribution in [2.75, 3.05) is 42.3 Å². The van der Waals surface area contributed by atoms with Crippen LogP contribution in [-0.4, -0.2) is 48.3 Å². The molecular formula is C23H35N5O4. The molecule has 0 saturated heterocycles. The van der Waals surface area contributed by atoms with E-state index in [-0.39, 0.29) is 49.1 Å². The summed E-state index contributed by atoms with van der Waals surface area (Å²) in [7, 11) is 1.52. The second-order valence-corrected chi connectivity index (χ2v) is 8.59. The molecule has 176 valence electrons. The van der Waals surface area contributed by atoms with Gasteiger partial charge in [-0.05, 0) is 38.8 Å². The molecular weight excluding hydrogens is 410 g/mol. The number of nitrogens with one attached hydrogen (secondary N) is 1. The van der Waals surface area contributed by atoms with E-state index in [9.17, 15) is 14.4 Å². The maximum atomic E-state index is 13.5. The van der Waals surface area contributed by atoms with Gasteiger partial charge in [-0.3, -0.25) is 19.1 Å². The fourth-order valence-electron chi connectivity index (χ4n) is 3.47. The number of hydrogen-bond acceptors (Lipinski definition) is 6. The van der Waals surface area contributed by atoms with E-state index in [0.29, 0.717) is 6.54 Å². The van der Waals surface area contributed by atoms with Gasteiger partial charge in [0.15, 0.2) is 5.69 Å². The summed E-state index contributed by atoms with van der Waals surface area (Å²) in [4.78, 5) is 44.1. The van der Waals surface area contributed by atoms with Gasteiger partial charge in [0.25, 0.3) is 5.56 Å². The van der Waals surface area contributed by atoms with Crippen molar-refractivity contribution in [1.82, 2.24) is 9.55 Å². The van der Waals surface area contributed by atoms with Crippen LogP contribution in [0.4, 0.5) is 17.2 Å². The van der Waals surface area contributed by atoms with Gasteiger partial charge < -0.3 is 20.3 Å². The molecule has 1 aromatic heterocycles. The maximum absolute atomic E-state index is 13.5. The van der Waals surface area contributed by atoms with Crippen molar-refractivity contribution < 1.29 is 9.53 Å². The molecule has 0 fully saturated rings. The molecule has 2 rings (SSSR count). The Morgan fingerprint density at radius 2 is 1.78 bits per heavy atom. The number of anilines is 3. The minimum Gasteiger partial charge on any atom is -0.383 e. The predicted octanol–water partition coefficient (Wildman–Crippen LogP) is 1.98. The van der Waals surface area contributed by atoms with Crippen LogP contribution in [-0.2, 0) is 16.1 Å². The van der Waals surface area contributed by atoms with Crippen LogP contribution < -0.4 is 26.8 Å². The molecule has 1 aromatic carbocycles. The van der Waals surface area contributed by atoms with Crippen molar-refractivity contribution in [3.05, 3.63) is 50.7 Å². The van der Waals surface area contributed by atoms with Crippen LogP contribution in [0.1, 0.15) is 33.3 Å². The van der Waals surface area contributed by atoms with Gasteiger partial charge in [0, 0.05) is 31.9 Å². The van der Waals surface area contributed by atoms with E-state index in [1.165, 1.54) is 16.6 Å². The Hall–Kier alpha value is -3.07. The molecule has 0 aliphatic heterocycles. The third-order valence-electron chi connectivity index (χ3n) is 5.15. The lowest BCUT2D eigenvalue weighted by molar-refractivity contribution is -0.117. The summed E-state index contributed by atoms with van der Waals surface area (Å²) in [5.74, 6) is -0.221. The monoisotopic (exact) mass is 445 g/mol. The zero-order chi connectivity index (χ0) is 24.0. The van der Waals surface area contributed by atoms with Crippen molar-refractivity contribution in [2.24, 2.45) is 5.92 Å². The van der Waals surface area contributed by atoms with E-state index < -0.39 is 11.2 Å². The minimum atomic E-state index is -0.691. The number of aromatic nitrogens is 2. The second kappa shape index (κ2) is 11.0. The van der Waals surface area contributed by atoms with Gasteiger partial charge >= 0.3 is 5.69 Å². The topological polar surface area (TPSA) is 114 Å². The lowest BCUT2D eigenvalue weighted by atomic mass is 10.2. The van der Waals surface area contributed by atoms with Gasteiger partial charge in [-0.15, -0.1) is 0 Å². The highest BCUT2D eigenvalue weighted by molar-refractivity contribution is 5.98. The zero-order valence-corrected chi connectivity index (χ0v) is 19.8. The molecule has 2 aromatic rings. The maximum Gasteiger partial charge on any atom is 0.330 e. The standard InChI is InChI=1S/C23H35N5O4/c1-15(2)13-28-21(24)20(22(30)25-23(28)31)26(11-12-32-6)19(29)14-27(16(3)4)18-9-7-17(5)8-10-18/h7-10,15-16H,11-14,24H2,1-6H3,(H,25,30,31). The predicted molar refractivity (Wildman–Crippen MR) is 128 cm³/mol. The van der Waals surface area contributed by atoms with Crippen molar-refractivity contribution >= 4 is 23.1 Å². The summed E-state index contributed by atoms with van der Waals surface area (Å²) in [5.41, 5.74) is 6.97. The number of nitrogens with two attached hydrogens (primary N) is 1. The Morgan fingerprint density at radius 3 is 2.31 bits per heavy atom. The number of nitrogens with zero attached hydrogens (tertiary/aromatic N) is 3. The van der Waals surface area contributed by atoms with Gasteiger partial charge in [0.2, 0.25) is 5.91 Å². The highest BCUT2D eigenvalue weighted by Crippen LogP contribution is 2.21. The number of methoxy groups -OCH3 is 1. The Morgan fingerprint density at radius 1 is 1.16 bits per heavy atom. The van der Waals surface area contributed by atoms with E-state index in [0.717, 1.165) is 11.3 Å². The molecule has 0 bridgehead atoms. The lowest BCUT2D eigenvalue weighted by Gasteiger charge is -2.32. The number of carbonyl (C=O) groups is 1. The zero-order valence-electron chi connectivity index (χ0n) is 19.8. The third kappa shape index (κ3) is 6.00. The molecule has 0 atom stereocenters. The van der Waals surface area contributed by atoms with Gasteiger partial charge in [0.1, 0.15) is 5.82 Å². The quantitative estimate of drug-likeness (QED) is 0.578. The Bertz CT molecular complexity index is 1020. The summed E-state index contributed by atoms with van der Waals surface area (Å²) in [6.45, 7) is 10.6. The first-order chi connectivity index (χ1) is 15.1. The van der Waals surface area contributed by atoms with Crippen LogP contribution in [0.3, 0.4) is 0 Å². The van der Waals surface area contributed by atoms with E-state index in [1.807, 2.05) is 63.8 Å². The smallest absolute Gasteiger partial charge is 0.330 e. The highest BCUT2D eigenvalue weighted by atomic mass is 16.5. The Kier molecular flexibility index (Phi) is 8.65. The van der Waals surface area contributed by atoms with Crippen LogP contribution in [0.25, 0.3) is 0 Å². The number of carbonyl (C=O) groups excluding carboxylic acids is 1. The molecule has 32 heavy (non-hydrogen) atoms. The average Bonchev–Trinajstić information content (AvgIpc) is 2.71. The molecule has 3 N–H and O–H groups in total. The molecule has 9 heteroatoms. The lowest BCUT2D eigenvalue weighted by Crippen LogP contribution is -2.48. The average molecular weight is 446 g/mol. The highest BCUT2D eigenvalue weighted by Gasteiger charge is 2.26. The molecule has 0 unspecified atom stereocenters. The van der Waals surface area contributed by atoms with Crippen molar-refractivity contribution in [3.8, 4) is 0 Å². The fourth-order valence-corrected chi connectivity index (χ4v) is 3.47. The number of aromatic amines is 1. The number of nitrogen functional groups attached to an aromatic ring is 1. The SMILES string of the molecule is COCCN(C(=O)CN(c1ccc(C)cc1)C(C)C)c1c(N)n(CC(C)C)c(=O)[nH]c1=O. The second-order valence-electron chi connectivity index (χ2n) is 8.59. The summed E-state index contributed by atoms with van der Waals surface area (Å²) < 4.78 is 6.46. The van der Waals surface area contributed by atoms with Crippen molar-refractivity contribution in [1.29, 1.82) is 0 Å². The number of aryl methyl sites for hydroxylation is 1. The van der Waals surface area contributed by atoms with Crippen LogP contribution in [0.2, 0.25) is 0 Å². The summed E-state index contributed by atoms with van der Waals surface area (Å²) >= 11 is 0. The van der Waals surface area contributed by atoms with Crippen LogP contribution >= 0.6 is 0 Å². The van der Waals surface area contributed by atoms with E-state index in [4.69, 9.17) is 10.5 Å².